The molecule has 1 fully saturated rings. The molecule has 7 heteroatoms. The van der Waals surface area contributed by atoms with Gasteiger partial charge in [-0.05, 0) is 26.8 Å². The Morgan fingerprint density at radius 3 is 2.57 bits per heavy atom. The molecule has 1 aliphatic heterocycles. The van der Waals surface area contributed by atoms with Gasteiger partial charge in [-0.3, -0.25) is 10.3 Å². The highest BCUT2D eigenvalue weighted by Crippen LogP contribution is 2.32. The fraction of sp³-hybridized carbons (Fsp3) is 0.571. The van der Waals surface area contributed by atoms with Crippen molar-refractivity contribution in [1.29, 1.82) is 0 Å². The molecule has 6 nitrogen and oxygen atoms in total. The molecule has 21 heavy (non-hydrogen) atoms. The number of hydrogen-bond donors (Lipinski definition) is 2. The number of rotatable bonds is 3. The van der Waals surface area contributed by atoms with Gasteiger partial charge in [0.15, 0.2) is 0 Å². The quantitative estimate of drug-likeness (QED) is 0.666. The zero-order valence-electron chi connectivity index (χ0n) is 12.8. The summed E-state index contributed by atoms with van der Waals surface area (Å²) in [6.45, 7) is 10.7. The number of piperazine rings is 1. The van der Waals surface area contributed by atoms with Crippen molar-refractivity contribution in [2.45, 2.75) is 26.8 Å². The maximum absolute atomic E-state index is 5.51. The Hall–Kier alpha value is -1.44. The summed E-state index contributed by atoms with van der Waals surface area (Å²) >= 11 is 1.68. The monoisotopic (exact) mass is 306 g/mol. The van der Waals surface area contributed by atoms with Gasteiger partial charge in [-0.2, -0.15) is 4.98 Å². The lowest BCUT2D eigenvalue weighted by molar-refractivity contribution is 0.209. The molecular weight excluding hydrogens is 284 g/mol. The molecule has 3 N–H and O–H groups in total. The van der Waals surface area contributed by atoms with Crippen LogP contribution in [0.3, 0.4) is 0 Å². The van der Waals surface area contributed by atoms with Gasteiger partial charge in [0.05, 0.1) is 5.39 Å². The molecule has 0 radical (unpaired) electrons. The normalized spacial score (nSPS) is 16.9. The van der Waals surface area contributed by atoms with Gasteiger partial charge < -0.3 is 4.90 Å². The van der Waals surface area contributed by atoms with Gasteiger partial charge in [0, 0.05) is 37.1 Å². The minimum atomic E-state index is 0.491. The fourth-order valence-corrected chi connectivity index (χ4v) is 3.66. The molecule has 0 spiro atoms. The van der Waals surface area contributed by atoms with Crippen LogP contribution in [0, 0.1) is 6.92 Å². The van der Waals surface area contributed by atoms with E-state index in [-0.39, 0.29) is 0 Å². The first kappa shape index (κ1) is 14.5. The molecule has 0 aliphatic carbocycles. The zero-order valence-corrected chi connectivity index (χ0v) is 13.6. The van der Waals surface area contributed by atoms with Crippen LogP contribution in [0.25, 0.3) is 10.2 Å². The van der Waals surface area contributed by atoms with E-state index in [1.54, 1.807) is 11.3 Å². The Morgan fingerprint density at radius 1 is 1.24 bits per heavy atom. The first-order valence-corrected chi connectivity index (χ1v) is 8.14. The number of hydrazine groups is 1. The minimum absolute atomic E-state index is 0.491. The number of anilines is 2. The number of aromatic nitrogens is 2. The molecule has 0 unspecified atom stereocenters. The molecule has 1 saturated heterocycles. The Bertz CT molecular complexity index is 630. The van der Waals surface area contributed by atoms with Crippen molar-refractivity contribution in [3.05, 3.63) is 10.9 Å². The van der Waals surface area contributed by atoms with E-state index < -0.39 is 0 Å². The summed E-state index contributed by atoms with van der Waals surface area (Å²) in [4.78, 5) is 16.1. The summed E-state index contributed by atoms with van der Waals surface area (Å²) in [6.07, 6.45) is 0. The molecule has 1 aliphatic rings. The third kappa shape index (κ3) is 2.81. The second-order valence-corrected chi connectivity index (χ2v) is 6.94. The van der Waals surface area contributed by atoms with E-state index in [0.29, 0.717) is 12.0 Å². The topological polar surface area (TPSA) is 70.3 Å². The Labute approximate surface area is 128 Å². The van der Waals surface area contributed by atoms with Gasteiger partial charge in [-0.25, -0.2) is 10.8 Å². The molecule has 0 amide bonds. The lowest BCUT2D eigenvalue weighted by Gasteiger charge is -2.37. The third-order valence-electron chi connectivity index (χ3n) is 3.97. The van der Waals surface area contributed by atoms with Crippen LogP contribution in [0.5, 0.6) is 0 Å². The Balaban J connectivity index is 1.93. The second-order valence-electron chi connectivity index (χ2n) is 5.71. The Morgan fingerprint density at radius 2 is 1.95 bits per heavy atom. The summed E-state index contributed by atoms with van der Waals surface area (Å²) < 4.78 is 0. The molecule has 0 aromatic carbocycles. The number of thiophene rings is 1. The van der Waals surface area contributed by atoms with Crippen LogP contribution in [0.4, 0.5) is 11.8 Å². The number of aryl methyl sites for hydroxylation is 1. The summed E-state index contributed by atoms with van der Waals surface area (Å²) in [5.41, 5.74) is 2.58. The third-order valence-corrected chi connectivity index (χ3v) is 4.91. The van der Waals surface area contributed by atoms with Crippen LogP contribution in [-0.4, -0.2) is 47.1 Å². The van der Waals surface area contributed by atoms with Crippen molar-refractivity contribution >= 4 is 33.3 Å². The highest BCUT2D eigenvalue weighted by Gasteiger charge is 2.22. The van der Waals surface area contributed by atoms with Crippen LogP contribution in [0.15, 0.2) is 6.07 Å². The van der Waals surface area contributed by atoms with Crippen LogP contribution < -0.4 is 16.2 Å². The van der Waals surface area contributed by atoms with Crippen LogP contribution in [0.2, 0.25) is 0 Å². The first-order chi connectivity index (χ1) is 10.1. The maximum Gasteiger partial charge on any atom is 0.240 e. The fourth-order valence-electron chi connectivity index (χ4n) is 2.78. The number of nitrogens with zero attached hydrogens (tertiary/aromatic N) is 4. The zero-order chi connectivity index (χ0) is 15.0. The van der Waals surface area contributed by atoms with E-state index in [1.807, 2.05) is 0 Å². The minimum Gasteiger partial charge on any atom is -0.353 e. The van der Waals surface area contributed by atoms with Crippen LogP contribution >= 0.6 is 11.3 Å². The predicted molar refractivity (Wildman–Crippen MR) is 88.9 cm³/mol. The molecule has 0 atom stereocenters. The molecule has 0 saturated carbocycles. The number of hydrogen-bond acceptors (Lipinski definition) is 7. The summed E-state index contributed by atoms with van der Waals surface area (Å²) in [5.74, 6) is 7.00. The average molecular weight is 306 g/mol. The van der Waals surface area contributed by atoms with Gasteiger partial charge in [-0.1, -0.05) is 0 Å². The number of fused-ring (bicyclic) bond motifs is 1. The highest BCUT2D eigenvalue weighted by molar-refractivity contribution is 7.18. The maximum atomic E-state index is 5.51. The second kappa shape index (κ2) is 5.75. The highest BCUT2D eigenvalue weighted by atomic mass is 32.1. The lowest BCUT2D eigenvalue weighted by atomic mass is 10.2. The van der Waals surface area contributed by atoms with Gasteiger partial charge >= 0.3 is 0 Å². The van der Waals surface area contributed by atoms with E-state index in [4.69, 9.17) is 5.84 Å². The van der Waals surface area contributed by atoms with E-state index in [2.05, 4.69) is 52.0 Å². The van der Waals surface area contributed by atoms with E-state index in [0.717, 1.165) is 42.2 Å². The summed E-state index contributed by atoms with van der Waals surface area (Å²) in [7, 11) is 0. The molecule has 3 rings (SSSR count). The van der Waals surface area contributed by atoms with Gasteiger partial charge in [0.25, 0.3) is 0 Å². The van der Waals surface area contributed by atoms with E-state index in [9.17, 15) is 0 Å². The van der Waals surface area contributed by atoms with E-state index in [1.165, 1.54) is 4.88 Å². The summed E-state index contributed by atoms with van der Waals surface area (Å²) in [5, 5.41) is 1.13. The van der Waals surface area contributed by atoms with Gasteiger partial charge in [0.2, 0.25) is 5.95 Å². The number of nitrogens with two attached hydrogens (primary N) is 1. The van der Waals surface area contributed by atoms with Crippen molar-refractivity contribution in [1.82, 2.24) is 14.9 Å². The van der Waals surface area contributed by atoms with Crippen molar-refractivity contribution in [3.63, 3.8) is 0 Å². The number of nitrogen functional groups attached to an aromatic ring is 1. The summed E-state index contributed by atoms with van der Waals surface area (Å²) in [6, 6.07) is 2.77. The molecule has 0 bridgehead atoms. The van der Waals surface area contributed by atoms with Gasteiger partial charge in [0.1, 0.15) is 10.6 Å². The average Bonchev–Trinajstić information content (AvgIpc) is 2.86. The Kier molecular flexibility index (Phi) is 3.97. The standard InChI is InChI=1S/C14H22N6S/c1-9(2)19-4-6-20(7-5-19)12-11-8-10(3)21-13(11)17-14(16-12)18-15/h8-9H,4-7,15H2,1-3H3,(H,16,17,18). The number of nitrogens with one attached hydrogen (secondary N) is 1. The SMILES string of the molecule is Cc1cc2c(N3CCN(C(C)C)CC3)nc(NN)nc2s1. The van der Waals surface area contributed by atoms with Crippen LogP contribution in [0.1, 0.15) is 18.7 Å². The predicted octanol–water partition coefficient (Wildman–Crippen LogP) is 1.82. The van der Waals surface area contributed by atoms with E-state index >= 15 is 0 Å². The molecular formula is C14H22N6S. The largest absolute Gasteiger partial charge is 0.353 e. The molecule has 3 heterocycles. The van der Waals surface area contributed by atoms with Crippen molar-refractivity contribution in [3.8, 4) is 0 Å². The smallest absolute Gasteiger partial charge is 0.240 e. The van der Waals surface area contributed by atoms with Crippen molar-refractivity contribution in [2.24, 2.45) is 5.84 Å². The molecule has 2 aromatic heterocycles. The lowest BCUT2D eigenvalue weighted by Crippen LogP contribution is -2.49. The first-order valence-electron chi connectivity index (χ1n) is 7.32. The molecule has 2 aromatic rings. The van der Waals surface area contributed by atoms with Gasteiger partial charge in [-0.15, -0.1) is 11.3 Å². The van der Waals surface area contributed by atoms with Crippen molar-refractivity contribution < 1.29 is 0 Å². The van der Waals surface area contributed by atoms with Crippen molar-refractivity contribution in [2.75, 3.05) is 36.5 Å². The van der Waals surface area contributed by atoms with Crippen LogP contribution in [-0.2, 0) is 0 Å². The molecule has 114 valence electrons.